The van der Waals surface area contributed by atoms with Crippen molar-refractivity contribution in [2.24, 2.45) is 0 Å². The Labute approximate surface area is 99.3 Å². The van der Waals surface area contributed by atoms with E-state index in [0.717, 1.165) is 22.9 Å². The van der Waals surface area contributed by atoms with E-state index < -0.39 is 0 Å². The number of para-hydroxylation sites is 1. The summed E-state index contributed by atoms with van der Waals surface area (Å²) in [5.74, 6) is 1.70. The van der Waals surface area contributed by atoms with Gasteiger partial charge in [0.25, 0.3) is 0 Å². The molecule has 84 valence electrons. The average Bonchev–Trinajstić information content (AvgIpc) is 2.98. The van der Waals surface area contributed by atoms with Crippen molar-refractivity contribution in [1.29, 1.82) is 0 Å². The maximum absolute atomic E-state index is 5.54. The van der Waals surface area contributed by atoms with Crippen molar-refractivity contribution in [3.05, 3.63) is 60.5 Å². The van der Waals surface area contributed by atoms with E-state index in [1.807, 2.05) is 66.3 Å². The summed E-state index contributed by atoms with van der Waals surface area (Å²) in [4.78, 5) is 0. The van der Waals surface area contributed by atoms with Gasteiger partial charge in [-0.25, -0.2) is 4.68 Å². The Bertz CT molecular complexity index is 622. The lowest BCUT2D eigenvalue weighted by Crippen LogP contribution is -1.93. The monoisotopic (exact) mass is 224 g/mol. The molecule has 17 heavy (non-hydrogen) atoms. The summed E-state index contributed by atoms with van der Waals surface area (Å²) in [5.41, 5.74) is 1.89. The first-order valence-corrected chi connectivity index (χ1v) is 5.51. The van der Waals surface area contributed by atoms with Gasteiger partial charge in [0.05, 0.1) is 5.69 Å². The number of aryl methyl sites for hydroxylation is 1. The summed E-state index contributed by atoms with van der Waals surface area (Å²) in [6, 6.07) is 15.8. The van der Waals surface area contributed by atoms with E-state index in [2.05, 4.69) is 5.10 Å². The molecular formula is C14H12N2O. The van der Waals surface area contributed by atoms with Crippen molar-refractivity contribution >= 4 is 0 Å². The lowest BCUT2D eigenvalue weighted by molar-refractivity contribution is 0.545. The molecule has 3 aromatic rings. The number of aromatic nitrogens is 2. The van der Waals surface area contributed by atoms with Gasteiger partial charge in [0.1, 0.15) is 11.5 Å². The van der Waals surface area contributed by atoms with E-state index in [-0.39, 0.29) is 0 Å². The van der Waals surface area contributed by atoms with Crippen LogP contribution in [0.4, 0.5) is 0 Å². The minimum atomic E-state index is 0.803. The fourth-order valence-corrected chi connectivity index (χ4v) is 1.75. The molecule has 0 fully saturated rings. The van der Waals surface area contributed by atoms with Crippen LogP contribution >= 0.6 is 0 Å². The van der Waals surface area contributed by atoms with Crippen LogP contribution in [0.3, 0.4) is 0 Å². The number of rotatable bonds is 2. The summed E-state index contributed by atoms with van der Waals surface area (Å²) in [7, 11) is 0. The van der Waals surface area contributed by atoms with E-state index in [0.29, 0.717) is 0 Å². The molecule has 0 saturated heterocycles. The van der Waals surface area contributed by atoms with Crippen LogP contribution in [-0.4, -0.2) is 9.78 Å². The van der Waals surface area contributed by atoms with Crippen LogP contribution in [-0.2, 0) is 0 Å². The van der Waals surface area contributed by atoms with Crippen LogP contribution in [0, 0.1) is 6.92 Å². The van der Waals surface area contributed by atoms with Gasteiger partial charge in [-0.05, 0) is 37.3 Å². The quantitative estimate of drug-likeness (QED) is 0.667. The fourth-order valence-electron chi connectivity index (χ4n) is 1.75. The van der Waals surface area contributed by atoms with Crippen LogP contribution in [0.1, 0.15) is 5.76 Å². The molecule has 2 heterocycles. The highest BCUT2D eigenvalue weighted by Crippen LogP contribution is 2.20. The largest absolute Gasteiger partial charge is 0.460 e. The van der Waals surface area contributed by atoms with Crippen LogP contribution < -0.4 is 0 Å². The number of hydrogen-bond acceptors (Lipinski definition) is 2. The smallest absolute Gasteiger partial charge is 0.154 e. The zero-order chi connectivity index (χ0) is 11.7. The molecule has 3 nitrogen and oxygen atoms in total. The van der Waals surface area contributed by atoms with Crippen LogP contribution in [0.2, 0.25) is 0 Å². The summed E-state index contributed by atoms with van der Waals surface area (Å²) in [6.45, 7) is 1.93. The second-order valence-corrected chi connectivity index (χ2v) is 3.89. The summed E-state index contributed by atoms with van der Waals surface area (Å²) >= 11 is 0. The minimum Gasteiger partial charge on any atom is -0.460 e. The number of benzene rings is 1. The molecule has 0 aliphatic heterocycles. The first kappa shape index (κ1) is 9.90. The third-order valence-electron chi connectivity index (χ3n) is 2.60. The molecule has 0 bridgehead atoms. The Hall–Kier alpha value is -2.29. The van der Waals surface area contributed by atoms with Gasteiger partial charge in [0.15, 0.2) is 5.76 Å². The number of hydrogen-bond donors (Lipinski definition) is 0. The molecule has 3 rings (SSSR count). The second-order valence-electron chi connectivity index (χ2n) is 3.89. The Kier molecular flexibility index (Phi) is 2.29. The van der Waals surface area contributed by atoms with E-state index in [9.17, 15) is 0 Å². The van der Waals surface area contributed by atoms with Crippen LogP contribution in [0.15, 0.2) is 59.1 Å². The first-order valence-electron chi connectivity index (χ1n) is 5.51. The lowest BCUT2D eigenvalue weighted by atomic mass is 10.3. The topological polar surface area (TPSA) is 31.0 Å². The minimum absolute atomic E-state index is 0.803. The van der Waals surface area contributed by atoms with Crippen LogP contribution in [0.5, 0.6) is 0 Å². The molecular weight excluding hydrogens is 212 g/mol. The van der Waals surface area contributed by atoms with Crippen molar-refractivity contribution < 1.29 is 4.42 Å². The van der Waals surface area contributed by atoms with Gasteiger partial charge < -0.3 is 4.42 Å². The molecule has 0 amide bonds. The van der Waals surface area contributed by atoms with E-state index in [1.165, 1.54) is 0 Å². The summed E-state index contributed by atoms with van der Waals surface area (Å²) in [5, 5.41) is 4.49. The van der Waals surface area contributed by atoms with Crippen molar-refractivity contribution in [3.8, 4) is 17.1 Å². The van der Waals surface area contributed by atoms with Crippen molar-refractivity contribution in [2.45, 2.75) is 6.92 Å². The molecule has 0 aliphatic rings. The van der Waals surface area contributed by atoms with Gasteiger partial charge in [-0.2, -0.15) is 5.10 Å². The molecule has 3 heteroatoms. The van der Waals surface area contributed by atoms with E-state index in [4.69, 9.17) is 4.42 Å². The molecule has 0 spiro atoms. The van der Waals surface area contributed by atoms with E-state index >= 15 is 0 Å². The second kappa shape index (κ2) is 3.94. The van der Waals surface area contributed by atoms with Crippen molar-refractivity contribution in [2.75, 3.05) is 0 Å². The molecule has 0 N–H and O–H groups in total. The van der Waals surface area contributed by atoms with Gasteiger partial charge in [0.2, 0.25) is 0 Å². The fraction of sp³-hybridized carbons (Fsp3) is 0.0714. The zero-order valence-electron chi connectivity index (χ0n) is 9.50. The average molecular weight is 224 g/mol. The molecule has 0 atom stereocenters. The summed E-state index contributed by atoms with van der Waals surface area (Å²) < 4.78 is 7.38. The Balaban J connectivity index is 1.99. The normalized spacial score (nSPS) is 10.6. The van der Waals surface area contributed by atoms with Gasteiger partial charge in [0, 0.05) is 6.20 Å². The molecule has 0 aliphatic carbocycles. The third-order valence-corrected chi connectivity index (χ3v) is 2.60. The highest BCUT2D eigenvalue weighted by atomic mass is 16.3. The SMILES string of the molecule is Cc1ccc(-c2ccn(-c3ccccc3)n2)o1. The van der Waals surface area contributed by atoms with E-state index in [1.54, 1.807) is 0 Å². The van der Waals surface area contributed by atoms with Crippen LogP contribution in [0.25, 0.3) is 17.1 Å². The maximum atomic E-state index is 5.54. The predicted octanol–water partition coefficient (Wildman–Crippen LogP) is 3.44. The maximum Gasteiger partial charge on any atom is 0.154 e. The van der Waals surface area contributed by atoms with Gasteiger partial charge >= 0.3 is 0 Å². The Morgan fingerprint density at radius 3 is 2.53 bits per heavy atom. The standard InChI is InChI=1S/C14H12N2O/c1-11-7-8-14(17-11)13-9-10-16(15-13)12-5-3-2-4-6-12/h2-10H,1H3. The molecule has 0 saturated carbocycles. The van der Waals surface area contributed by atoms with Gasteiger partial charge in [-0.3, -0.25) is 0 Å². The number of furan rings is 1. The molecule has 0 unspecified atom stereocenters. The van der Waals surface area contributed by atoms with Gasteiger partial charge in [-0.1, -0.05) is 18.2 Å². The van der Waals surface area contributed by atoms with Crippen molar-refractivity contribution in [3.63, 3.8) is 0 Å². The first-order chi connectivity index (χ1) is 8.33. The zero-order valence-corrected chi connectivity index (χ0v) is 9.50. The molecule has 1 aromatic carbocycles. The highest BCUT2D eigenvalue weighted by molar-refractivity contribution is 5.52. The Morgan fingerprint density at radius 1 is 1.00 bits per heavy atom. The third kappa shape index (κ3) is 1.87. The predicted molar refractivity (Wildman–Crippen MR) is 66.0 cm³/mol. The highest BCUT2D eigenvalue weighted by Gasteiger charge is 2.06. The number of nitrogens with zero attached hydrogens (tertiary/aromatic N) is 2. The summed E-state index contributed by atoms with van der Waals surface area (Å²) in [6.07, 6.45) is 1.93. The molecule has 0 radical (unpaired) electrons. The Morgan fingerprint density at radius 2 is 1.82 bits per heavy atom. The van der Waals surface area contributed by atoms with Gasteiger partial charge in [-0.15, -0.1) is 0 Å². The molecule has 2 aromatic heterocycles. The lowest BCUT2D eigenvalue weighted by Gasteiger charge is -1.99. The van der Waals surface area contributed by atoms with Crippen molar-refractivity contribution in [1.82, 2.24) is 9.78 Å².